The summed E-state index contributed by atoms with van der Waals surface area (Å²) in [6.45, 7) is 16.6. The molecule has 0 radical (unpaired) electrons. The molecule has 0 saturated heterocycles. The molecule has 14 heavy (non-hydrogen) atoms. The van der Waals surface area contributed by atoms with E-state index in [4.69, 9.17) is 0 Å². The monoisotopic (exact) mass is 193 g/mol. The first-order valence-electron chi connectivity index (χ1n) is 5.26. The zero-order valence-corrected chi connectivity index (χ0v) is 10.4. The molecule has 0 unspecified atom stereocenters. The summed E-state index contributed by atoms with van der Waals surface area (Å²) in [6, 6.07) is 0. The second-order valence-electron chi connectivity index (χ2n) is 4.48. The lowest BCUT2D eigenvalue weighted by atomic mass is 10.1. The quantitative estimate of drug-likeness (QED) is 0.468. The molecule has 0 rings (SSSR count). The van der Waals surface area contributed by atoms with E-state index in [1.54, 1.807) is 0 Å². The minimum atomic E-state index is 0.459. The smallest absolute Gasteiger partial charge is 0.0430 e. The molecule has 1 heteroatoms. The van der Waals surface area contributed by atoms with E-state index >= 15 is 0 Å². The maximum atomic E-state index is 4.63. The third-order valence-corrected chi connectivity index (χ3v) is 2.13. The molecule has 0 aromatic heterocycles. The summed E-state index contributed by atoms with van der Waals surface area (Å²) in [6.07, 6.45) is 2.07. The molecule has 0 heterocycles. The summed E-state index contributed by atoms with van der Waals surface area (Å²) in [5.74, 6) is 0.975. The molecule has 0 aliphatic carbocycles. The first-order chi connectivity index (χ1) is 6.34. The normalized spacial score (nSPS) is 14.0. The van der Waals surface area contributed by atoms with Gasteiger partial charge >= 0.3 is 0 Å². The Balaban J connectivity index is 4.87. The highest BCUT2D eigenvalue weighted by molar-refractivity contribution is 5.84. The predicted molar refractivity (Wildman–Crippen MR) is 65.7 cm³/mol. The number of nitrogens with zero attached hydrogens (tertiary/aromatic N) is 1. The van der Waals surface area contributed by atoms with Gasteiger partial charge in [-0.25, -0.2) is 0 Å². The molecule has 80 valence electrons. The summed E-state index contributed by atoms with van der Waals surface area (Å²) in [4.78, 5) is 4.63. The Kier molecular flexibility index (Phi) is 5.44. The van der Waals surface area contributed by atoms with Gasteiger partial charge in [0.2, 0.25) is 0 Å². The van der Waals surface area contributed by atoms with Gasteiger partial charge in [0.1, 0.15) is 0 Å². The van der Waals surface area contributed by atoms with Crippen molar-refractivity contribution in [2.45, 2.75) is 41.5 Å². The Labute approximate surface area is 88.6 Å². The second-order valence-corrected chi connectivity index (χ2v) is 4.48. The van der Waals surface area contributed by atoms with Crippen LogP contribution in [-0.4, -0.2) is 5.71 Å². The zero-order valence-electron chi connectivity index (χ0n) is 10.4. The van der Waals surface area contributed by atoms with E-state index in [1.165, 1.54) is 5.71 Å². The van der Waals surface area contributed by atoms with E-state index in [2.05, 4.69) is 52.3 Å². The molecular weight excluding hydrogens is 170 g/mol. The highest BCUT2D eigenvalue weighted by Gasteiger charge is 2.04. The number of allylic oxidation sites excluding steroid dienone is 3. The van der Waals surface area contributed by atoms with Crippen LogP contribution in [0.3, 0.4) is 0 Å². The van der Waals surface area contributed by atoms with Crippen LogP contribution in [0.4, 0.5) is 0 Å². The number of rotatable bonds is 4. The minimum absolute atomic E-state index is 0.459. The molecular formula is C13H23N. The van der Waals surface area contributed by atoms with E-state index in [9.17, 15) is 0 Å². The van der Waals surface area contributed by atoms with Gasteiger partial charge in [0.15, 0.2) is 0 Å². The van der Waals surface area contributed by atoms with Crippen LogP contribution in [0.25, 0.3) is 0 Å². The average Bonchev–Trinajstić information content (AvgIpc) is 2.01. The van der Waals surface area contributed by atoms with Gasteiger partial charge < -0.3 is 0 Å². The fourth-order valence-corrected chi connectivity index (χ4v) is 0.913. The topological polar surface area (TPSA) is 12.4 Å². The molecule has 0 atom stereocenters. The number of hydrogen-bond donors (Lipinski definition) is 0. The van der Waals surface area contributed by atoms with Crippen LogP contribution in [0, 0.1) is 11.8 Å². The molecule has 0 spiro atoms. The second kappa shape index (κ2) is 5.79. The Morgan fingerprint density at radius 3 is 1.86 bits per heavy atom. The highest BCUT2D eigenvalue weighted by atomic mass is 14.8. The van der Waals surface area contributed by atoms with Crippen LogP contribution >= 0.6 is 0 Å². The standard InChI is InChI=1S/C13H23N/c1-9(2)8-13(11(5)6)14-12(7)10(3)4/h8,10-11H,1H2,2-7H3/b13-8-,14-12+. The largest absolute Gasteiger partial charge is 0.262 e. The third kappa shape index (κ3) is 5.00. The SMILES string of the molecule is C=C(C)/C=C(\N=C(/C)C(C)C)C(C)C. The van der Waals surface area contributed by atoms with Crippen molar-refractivity contribution in [3.05, 3.63) is 23.9 Å². The number of hydrogen-bond acceptors (Lipinski definition) is 1. The predicted octanol–water partition coefficient (Wildman–Crippen LogP) is 4.22. The maximum Gasteiger partial charge on any atom is 0.0430 e. The van der Waals surface area contributed by atoms with Gasteiger partial charge in [-0.1, -0.05) is 39.8 Å². The van der Waals surface area contributed by atoms with E-state index in [0.717, 1.165) is 11.3 Å². The molecule has 1 nitrogen and oxygen atoms in total. The zero-order chi connectivity index (χ0) is 11.3. The fourth-order valence-electron chi connectivity index (χ4n) is 0.913. The van der Waals surface area contributed by atoms with Gasteiger partial charge in [-0.3, -0.25) is 4.99 Å². The highest BCUT2D eigenvalue weighted by Crippen LogP contribution is 2.15. The van der Waals surface area contributed by atoms with E-state index in [-0.39, 0.29) is 0 Å². The lowest BCUT2D eigenvalue weighted by molar-refractivity contribution is 0.749. The van der Waals surface area contributed by atoms with Crippen molar-refractivity contribution in [2.75, 3.05) is 0 Å². The van der Waals surface area contributed by atoms with Crippen LogP contribution in [-0.2, 0) is 0 Å². The van der Waals surface area contributed by atoms with Crippen molar-refractivity contribution in [3.63, 3.8) is 0 Å². The summed E-state index contributed by atoms with van der Waals surface area (Å²) in [7, 11) is 0. The summed E-state index contributed by atoms with van der Waals surface area (Å²) < 4.78 is 0. The van der Waals surface area contributed by atoms with E-state index in [0.29, 0.717) is 11.8 Å². The van der Waals surface area contributed by atoms with Gasteiger partial charge in [0.05, 0.1) is 0 Å². The first kappa shape index (κ1) is 13.2. The lowest BCUT2D eigenvalue weighted by Gasteiger charge is -2.10. The van der Waals surface area contributed by atoms with Gasteiger partial charge in [0, 0.05) is 11.4 Å². The van der Waals surface area contributed by atoms with Gasteiger partial charge in [-0.05, 0) is 31.8 Å². The molecule has 0 amide bonds. The van der Waals surface area contributed by atoms with Crippen LogP contribution < -0.4 is 0 Å². The average molecular weight is 193 g/mol. The van der Waals surface area contributed by atoms with Crippen molar-refractivity contribution in [2.24, 2.45) is 16.8 Å². The van der Waals surface area contributed by atoms with Crippen molar-refractivity contribution in [3.8, 4) is 0 Å². The Bertz CT molecular complexity index is 254. The molecule has 0 saturated carbocycles. The molecule has 0 aromatic carbocycles. The van der Waals surface area contributed by atoms with Gasteiger partial charge in [-0.15, -0.1) is 0 Å². The van der Waals surface area contributed by atoms with Crippen LogP contribution in [0.15, 0.2) is 28.9 Å². The summed E-state index contributed by atoms with van der Waals surface area (Å²) in [5.41, 5.74) is 3.38. The van der Waals surface area contributed by atoms with Gasteiger partial charge in [-0.2, -0.15) is 0 Å². The van der Waals surface area contributed by atoms with Crippen molar-refractivity contribution >= 4 is 5.71 Å². The lowest BCUT2D eigenvalue weighted by Crippen LogP contribution is -2.04. The van der Waals surface area contributed by atoms with Gasteiger partial charge in [0.25, 0.3) is 0 Å². The Morgan fingerprint density at radius 1 is 1.07 bits per heavy atom. The molecule has 0 bridgehead atoms. The van der Waals surface area contributed by atoms with Crippen LogP contribution in [0.1, 0.15) is 41.5 Å². The molecule has 0 fully saturated rings. The molecule has 0 aliphatic rings. The van der Waals surface area contributed by atoms with E-state index < -0.39 is 0 Å². The van der Waals surface area contributed by atoms with Crippen molar-refractivity contribution in [1.29, 1.82) is 0 Å². The van der Waals surface area contributed by atoms with Crippen LogP contribution in [0.5, 0.6) is 0 Å². The maximum absolute atomic E-state index is 4.63. The fraction of sp³-hybridized carbons (Fsp3) is 0.615. The molecule has 0 aromatic rings. The minimum Gasteiger partial charge on any atom is -0.262 e. The molecule has 0 N–H and O–H groups in total. The summed E-state index contributed by atoms with van der Waals surface area (Å²) in [5, 5.41) is 0. The third-order valence-electron chi connectivity index (χ3n) is 2.13. The Morgan fingerprint density at radius 2 is 1.57 bits per heavy atom. The van der Waals surface area contributed by atoms with E-state index in [1.807, 2.05) is 6.92 Å². The molecule has 0 aliphatic heterocycles. The summed E-state index contributed by atoms with van der Waals surface area (Å²) >= 11 is 0. The first-order valence-corrected chi connectivity index (χ1v) is 5.26. The Hall–Kier alpha value is -0.850. The van der Waals surface area contributed by atoms with Crippen molar-refractivity contribution in [1.82, 2.24) is 0 Å². The number of aliphatic imine (C=N–C) groups is 1. The van der Waals surface area contributed by atoms with Crippen LogP contribution in [0.2, 0.25) is 0 Å². The van der Waals surface area contributed by atoms with Crippen molar-refractivity contribution < 1.29 is 0 Å².